The minimum Gasteiger partial charge on any atom is -0.491 e. The molecule has 0 amide bonds. The SMILES string of the molecule is CCCCCCCCCCCCc1ccc(OCCOCCOc2ccc(CCCCCCCCCCCC)cc2)cc1. The Morgan fingerprint density at radius 2 is 0.651 bits per heavy atom. The van der Waals surface area contributed by atoms with E-state index in [-0.39, 0.29) is 0 Å². The van der Waals surface area contributed by atoms with Crippen molar-refractivity contribution in [1.29, 1.82) is 0 Å². The molecule has 0 fully saturated rings. The molecule has 0 saturated carbocycles. The molecule has 43 heavy (non-hydrogen) atoms. The molecule has 2 aromatic carbocycles. The highest BCUT2D eigenvalue weighted by Gasteiger charge is 2.00. The van der Waals surface area contributed by atoms with E-state index in [1.54, 1.807) is 0 Å². The Kier molecular flexibility index (Phi) is 23.8. The lowest BCUT2D eigenvalue weighted by atomic mass is 10.0. The zero-order chi connectivity index (χ0) is 30.5. The van der Waals surface area contributed by atoms with Crippen molar-refractivity contribution in [2.24, 2.45) is 0 Å². The van der Waals surface area contributed by atoms with Gasteiger partial charge in [0.2, 0.25) is 0 Å². The normalized spacial score (nSPS) is 11.2. The van der Waals surface area contributed by atoms with Gasteiger partial charge in [0.05, 0.1) is 13.2 Å². The third kappa shape index (κ3) is 21.4. The highest BCUT2D eigenvalue weighted by atomic mass is 16.5. The first kappa shape index (κ1) is 37.2. The van der Waals surface area contributed by atoms with Crippen molar-refractivity contribution in [1.82, 2.24) is 0 Å². The minimum absolute atomic E-state index is 0.561. The lowest BCUT2D eigenvalue weighted by Gasteiger charge is -2.10. The van der Waals surface area contributed by atoms with Crippen LogP contribution in [0.1, 0.15) is 153 Å². The Labute approximate surface area is 266 Å². The fourth-order valence-electron chi connectivity index (χ4n) is 5.68. The van der Waals surface area contributed by atoms with E-state index in [1.807, 2.05) is 0 Å². The first-order valence-corrected chi connectivity index (χ1v) is 18.3. The van der Waals surface area contributed by atoms with Crippen LogP contribution in [-0.2, 0) is 17.6 Å². The summed E-state index contributed by atoms with van der Waals surface area (Å²) in [4.78, 5) is 0. The molecule has 0 aliphatic heterocycles. The molecule has 0 aliphatic carbocycles. The lowest BCUT2D eigenvalue weighted by Crippen LogP contribution is -2.12. The van der Waals surface area contributed by atoms with Gasteiger partial charge in [-0.15, -0.1) is 0 Å². The van der Waals surface area contributed by atoms with Crippen molar-refractivity contribution < 1.29 is 14.2 Å². The summed E-state index contributed by atoms with van der Waals surface area (Å²) < 4.78 is 17.4. The fraction of sp³-hybridized carbons (Fsp3) is 0.700. The van der Waals surface area contributed by atoms with E-state index in [4.69, 9.17) is 14.2 Å². The molecular weight excluding hydrogens is 528 g/mol. The predicted octanol–water partition coefficient (Wildman–Crippen LogP) is 12.1. The quantitative estimate of drug-likeness (QED) is 0.0842. The Hall–Kier alpha value is -2.00. The number of hydrogen-bond donors (Lipinski definition) is 0. The number of ether oxygens (including phenoxy) is 3. The smallest absolute Gasteiger partial charge is 0.119 e. The maximum absolute atomic E-state index is 5.86. The summed E-state index contributed by atoms with van der Waals surface area (Å²) in [7, 11) is 0. The number of aryl methyl sites for hydroxylation is 2. The summed E-state index contributed by atoms with van der Waals surface area (Å²) in [5.74, 6) is 1.84. The van der Waals surface area contributed by atoms with Crippen molar-refractivity contribution in [2.75, 3.05) is 26.4 Å². The van der Waals surface area contributed by atoms with Gasteiger partial charge in [-0.25, -0.2) is 0 Å². The Bertz CT molecular complexity index is 774. The number of rotatable bonds is 30. The van der Waals surface area contributed by atoms with E-state index >= 15 is 0 Å². The van der Waals surface area contributed by atoms with E-state index in [9.17, 15) is 0 Å². The molecule has 0 spiro atoms. The maximum Gasteiger partial charge on any atom is 0.119 e. The second-order valence-electron chi connectivity index (χ2n) is 12.5. The van der Waals surface area contributed by atoms with Crippen LogP contribution in [0.2, 0.25) is 0 Å². The molecule has 0 aromatic heterocycles. The van der Waals surface area contributed by atoms with E-state index in [2.05, 4.69) is 62.4 Å². The molecule has 0 heterocycles. The van der Waals surface area contributed by atoms with Gasteiger partial charge in [-0.3, -0.25) is 0 Å². The minimum atomic E-state index is 0.561. The third-order valence-corrected chi connectivity index (χ3v) is 8.48. The Morgan fingerprint density at radius 1 is 0.349 bits per heavy atom. The van der Waals surface area contributed by atoms with Gasteiger partial charge in [0.25, 0.3) is 0 Å². The van der Waals surface area contributed by atoms with Gasteiger partial charge in [0.1, 0.15) is 24.7 Å². The summed E-state index contributed by atoms with van der Waals surface area (Å²) in [6.07, 6.45) is 30.0. The highest BCUT2D eigenvalue weighted by Crippen LogP contribution is 2.17. The molecule has 3 nitrogen and oxygen atoms in total. The van der Waals surface area contributed by atoms with Gasteiger partial charge < -0.3 is 14.2 Å². The zero-order valence-electron chi connectivity index (χ0n) is 28.2. The molecule has 0 unspecified atom stereocenters. The third-order valence-electron chi connectivity index (χ3n) is 8.48. The molecule has 3 heteroatoms. The van der Waals surface area contributed by atoms with Crippen LogP contribution in [0.25, 0.3) is 0 Å². The topological polar surface area (TPSA) is 27.7 Å². The van der Waals surface area contributed by atoms with Crippen LogP contribution in [0.4, 0.5) is 0 Å². The van der Waals surface area contributed by atoms with Crippen LogP contribution in [0, 0.1) is 0 Å². The van der Waals surface area contributed by atoms with E-state index in [0.717, 1.165) is 11.5 Å². The van der Waals surface area contributed by atoms with Crippen molar-refractivity contribution >= 4 is 0 Å². The van der Waals surface area contributed by atoms with Crippen LogP contribution < -0.4 is 9.47 Å². The van der Waals surface area contributed by atoms with Crippen molar-refractivity contribution in [2.45, 2.75) is 155 Å². The largest absolute Gasteiger partial charge is 0.491 e. The second-order valence-corrected chi connectivity index (χ2v) is 12.5. The molecule has 2 aromatic rings. The van der Waals surface area contributed by atoms with Gasteiger partial charge in [-0.2, -0.15) is 0 Å². The van der Waals surface area contributed by atoms with E-state index < -0.39 is 0 Å². The number of unbranched alkanes of at least 4 members (excludes halogenated alkanes) is 18. The maximum atomic E-state index is 5.86. The second kappa shape index (κ2) is 27.5. The van der Waals surface area contributed by atoms with Crippen LogP contribution >= 0.6 is 0 Å². The van der Waals surface area contributed by atoms with Crippen molar-refractivity contribution in [3.05, 3.63) is 59.7 Å². The fourth-order valence-corrected chi connectivity index (χ4v) is 5.68. The average molecular weight is 595 g/mol. The van der Waals surface area contributed by atoms with E-state index in [0.29, 0.717) is 26.4 Å². The van der Waals surface area contributed by atoms with Crippen LogP contribution in [0.15, 0.2) is 48.5 Å². The molecule has 0 bridgehead atoms. The zero-order valence-corrected chi connectivity index (χ0v) is 28.2. The Balaban J connectivity index is 1.39. The summed E-state index contributed by atoms with van der Waals surface area (Å²) >= 11 is 0. The molecule has 244 valence electrons. The summed E-state index contributed by atoms with van der Waals surface area (Å²) in [6, 6.07) is 17.2. The van der Waals surface area contributed by atoms with Gasteiger partial charge in [-0.05, 0) is 61.1 Å². The molecule has 2 rings (SSSR count). The highest BCUT2D eigenvalue weighted by molar-refractivity contribution is 5.28. The first-order chi connectivity index (χ1) is 21.3. The van der Waals surface area contributed by atoms with Crippen molar-refractivity contribution in [3.8, 4) is 11.5 Å². The molecule has 0 saturated heterocycles. The van der Waals surface area contributed by atoms with E-state index in [1.165, 1.54) is 152 Å². The molecule has 0 N–H and O–H groups in total. The average Bonchev–Trinajstić information content (AvgIpc) is 3.03. The van der Waals surface area contributed by atoms with Gasteiger partial charge >= 0.3 is 0 Å². The monoisotopic (exact) mass is 595 g/mol. The number of hydrogen-bond acceptors (Lipinski definition) is 3. The predicted molar refractivity (Wildman–Crippen MR) is 186 cm³/mol. The van der Waals surface area contributed by atoms with Crippen molar-refractivity contribution in [3.63, 3.8) is 0 Å². The first-order valence-electron chi connectivity index (χ1n) is 18.3. The Morgan fingerprint density at radius 3 is 0.977 bits per heavy atom. The van der Waals surface area contributed by atoms with Crippen LogP contribution in [-0.4, -0.2) is 26.4 Å². The van der Waals surface area contributed by atoms with Crippen LogP contribution in [0.5, 0.6) is 11.5 Å². The summed E-state index contributed by atoms with van der Waals surface area (Å²) in [5.41, 5.74) is 2.82. The molecule has 0 aliphatic rings. The van der Waals surface area contributed by atoms with Gasteiger partial charge in [0.15, 0.2) is 0 Å². The number of benzene rings is 2. The standard InChI is InChI=1S/C40H66O3/c1-3-5-7-9-11-13-15-17-19-21-23-37-25-29-39(30-26-37)42-35-33-41-34-36-43-40-31-27-38(28-32-40)24-22-20-18-16-14-12-10-8-6-4-2/h25-32H,3-24,33-36H2,1-2H3. The summed E-state index contributed by atoms with van der Waals surface area (Å²) in [6.45, 7) is 6.83. The van der Waals surface area contributed by atoms with Crippen LogP contribution in [0.3, 0.4) is 0 Å². The lowest BCUT2D eigenvalue weighted by molar-refractivity contribution is 0.0764. The van der Waals surface area contributed by atoms with Gasteiger partial charge in [-0.1, -0.05) is 154 Å². The molecule has 0 radical (unpaired) electrons. The molecule has 0 atom stereocenters. The molecular formula is C40H66O3. The summed E-state index contributed by atoms with van der Waals surface area (Å²) in [5, 5.41) is 0. The van der Waals surface area contributed by atoms with Gasteiger partial charge in [0, 0.05) is 0 Å².